The highest BCUT2D eigenvalue weighted by molar-refractivity contribution is 6.01. The number of nitrogens with one attached hydrogen (secondary N) is 2. The number of imidazole rings is 1. The third-order valence-corrected chi connectivity index (χ3v) is 5.76. The number of aryl methyl sites for hydroxylation is 1. The number of aromatic nitrogens is 4. The summed E-state index contributed by atoms with van der Waals surface area (Å²) in [6.07, 6.45) is -2.53. The van der Waals surface area contributed by atoms with E-state index in [0.717, 1.165) is 25.3 Å². The molecule has 4 rings (SSSR count). The molecule has 11 nitrogen and oxygen atoms in total. The molecule has 2 N–H and O–H groups in total. The number of hydrogen-bond acceptors (Lipinski definition) is 8. The molecule has 2 amide bonds. The predicted octanol–water partition coefficient (Wildman–Crippen LogP) is 4.13. The fourth-order valence-electron chi connectivity index (χ4n) is 3.79. The molecule has 0 unspecified atom stereocenters. The van der Waals surface area contributed by atoms with Gasteiger partial charge in [-0.2, -0.15) is 5.10 Å². The van der Waals surface area contributed by atoms with E-state index in [1.165, 1.54) is 29.9 Å². The minimum absolute atomic E-state index is 0.126. The van der Waals surface area contributed by atoms with Crippen LogP contribution in [0.4, 0.5) is 23.4 Å². The van der Waals surface area contributed by atoms with E-state index < -0.39 is 48.2 Å². The van der Waals surface area contributed by atoms with E-state index >= 15 is 0 Å². The lowest BCUT2D eigenvalue weighted by molar-refractivity contribution is -0.274. The summed E-state index contributed by atoms with van der Waals surface area (Å²) in [7, 11) is 1.16. The maximum Gasteiger partial charge on any atom is 0.573 e. The third kappa shape index (κ3) is 7.12. The second-order valence-electron chi connectivity index (χ2n) is 8.73. The topological polar surface area (TPSA) is 137 Å². The smallest absolute Gasteiger partial charge is 0.469 e. The quantitative estimate of drug-likeness (QED) is 0.182. The molecule has 3 aromatic heterocycles. The van der Waals surface area contributed by atoms with Crippen LogP contribution in [0.2, 0.25) is 0 Å². The fraction of sp³-hybridized carbons (Fsp3) is 0.231. The number of amides is 2. The molecule has 0 fully saturated rings. The molecule has 15 heteroatoms. The first-order valence-electron chi connectivity index (χ1n) is 11.9. The van der Waals surface area contributed by atoms with Gasteiger partial charge in [0.25, 0.3) is 5.91 Å². The Balaban J connectivity index is 1.53. The second kappa shape index (κ2) is 11.6. The Kier molecular flexibility index (Phi) is 8.16. The van der Waals surface area contributed by atoms with Crippen LogP contribution in [-0.4, -0.2) is 50.8 Å². The van der Waals surface area contributed by atoms with Crippen molar-refractivity contribution in [3.05, 3.63) is 71.4 Å². The van der Waals surface area contributed by atoms with Crippen LogP contribution < -0.4 is 15.4 Å². The molecule has 0 bridgehead atoms. The zero-order valence-electron chi connectivity index (χ0n) is 21.7. The fourth-order valence-corrected chi connectivity index (χ4v) is 3.79. The maximum absolute atomic E-state index is 14.4. The molecule has 0 aliphatic rings. The van der Waals surface area contributed by atoms with Gasteiger partial charge in [-0.1, -0.05) is 0 Å². The van der Waals surface area contributed by atoms with Crippen LogP contribution in [0.1, 0.15) is 41.0 Å². The van der Waals surface area contributed by atoms with Crippen LogP contribution >= 0.6 is 0 Å². The molecule has 0 saturated heterocycles. The van der Waals surface area contributed by atoms with E-state index in [1.807, 2.05) is 0 Å². The molecule has 1 aromatic carbocycles. The van der Waals surface area contributed by atoms with Crippen molar-refractivity contribution in [3.8, 4) is 17.0 Å². The number of rotatable bonds is 8. The van der Waals surface area contributed by atoms with Crippen molar-refractivity contribution >= 4 is 29.2 Å². The van der Waals surface area contributed by atoms with Crippen molar-refractivity contribution in [2.24, 2.45) is 0 Å². The second-order valence-corrected chi connectivity index (χ2v) is 8.73. The van der Waals surface area contributed by atoms with Crippen molar-refractivity contribution in [1.82, 2.24) is 24.9 Å². The molecule has 41 heavy (non-hydrogen) atoms. The van der Waals surface area contributed by atoms with Crippen LogP contribution in [0.5, 0.6) is 5.75 Å². The number of anilines is 1. The average Bonchev–Trinajstić information content (AvgIpc) is 3.30. The van der Waals surface area contributed by atoms with Gasteiger partial charge >= 0.3 is 12.3 Å². The largest absolute Gasteiger partial charge is 0.573 e. The molecule has 0 saturated carbocycles. The van der Waals surface area contributed by atoms with Crippen molar-refractivity contribution in [2.45, 2.75) is 32.7 Å². The number of alkyl halides is 3. The first kappa shape index (κ1) is 28.9. The number of fused-ring (bicyclic) bond motifs is 1. The Morgan fingerprint density at radius 3 is 2.59 bits per heavy atom. The van der Waals surface area contributed by atoms with E-state index in [0.29, 0.717) is 22.6 Å². The van der Waals surface area contributed by atoms with E-state index in [-0.39, 0.29) is 16.9 Å². The Labute approximate surface area is 229 Å². The summed E-state index contributed by atoms with van der Waals surface area (Å²) in [6, 6.07) is 6.23. The Hall–Kier alpha value is -5.08. The molecule has 0 aliphatic carbocycles. The van der Waals surface area contributed by atoms with Crippen molar-refractivity contribution in [2.75, 3.05) is 12.4 Å². The van der Waals surface area contributed by atoms with E-state index in [2.05, 4.69) is 35.2 Å². The maximum atomic E-state index is 14.4. The predicted molar refractivity (Wildman–Crippen MR) is 135 cm³/mol. The van der Waals surface area contributed by atoms with Gasteiger partial charge in [-0.05, 0) is 50.2 Å². The van der Waals surface area contributed by atoms with Crippen LogP contribution in [0, 0.1) is 12.7 Å². The molecule has 214 valence electrons. The minimum atomic E-state index is -4.96. The lowest BCUT2D eigenvalue weighted by Gasteiger charge is -2.18. The monoisotopic (exact) mass is 574 g/mol. The van der Waals surface area contributed by atoms with Crippen LogP contribution in [0.25, 0.3) is 16.9 Å². The Morgan fingerprint density at radius 2 is 1.88 bits per heavy atom. The van der Waals surface area contributed by atoms with Crippen molar-refractivity contribution in [1.29, 1.82) is 0 Å². The molecule has 4 aromatic rings. The molecule has 3 heterocycles. The first-order valence-corrected chi connectivity index (χ1v) is 11.9. The molecule has 0 aliphatic heterocycles. The number of carbonyl (C=O) groups is 3. The van der Waals surface area contributed by atoms with Gasteiger partial charge in [-0.3, -0.25) is 19.4 Å². The van der Waals surface area contributed by atoms with Gasteiger partial charge in [0, 0.05) is 17.3 Å². The summed E-state index contributed by atoms with van der Waals surface area (Å²) in [5, 5.41) is 9.46. The number of methoxy groups -OCH3 is 1. The molecular weight excluding hydrogens is 552 g/mol. The highest BCUT2D eigenvalue weighted by Crippen LogP contribution is 2.28. The van der Waals surface area contributed by atoms with Crippen LogP contribution in [0.3, 0.4) is 0 Å². The van der Waals surface area contributed by atoms with Gasteiger partial charge in [0.1, 0.15) is 18.0 Å². The number of esters is 1. The number of pyridine rings is 1. The highest BCUT2D eigenvalue weighted by atomic mass is 19.4. The minimum Gasteiger partial charge on any atom is -0.469 e. The molecular formula is C26H22F4N6O5. The van der Waals surface area contributed by atoms with E-state index in [1.54, 1.807) is 19.1 Å². The first-order chi connectivity index (χ1) is 19.3. The highest BCUT2D eigenvalue weighted by Gasteiger charge is 2.31. The number of carbonyl (C=O) groups excluding carboxylic acids is 3. The molecule has 0 radical (unpaired) electrons. The van der Waals surface area contributed by atoms with Gasteiger partial charge in [0.2, 0.25) is 5.91 Å². The molecule has 0 spiro atoms. The summed E-state index contributed by atoms with van der Waals surface area (Å²) in [4.78, 5) is 44.7. The summed E-state index contributed by atoms with van der Waals surface area (Å²) >= 11 is 0. The summed E-state index contributed by atoms with van der Waals surface area (Å²) in [5.74, 6) is -3.27. The SMILES string of the molecule is COC(=O)CC(=O)Nc1cn2nc(-c3cnc(C)c(C(=O)N[C@H](C)c4cc(OC(F)(F)F)ccc4F)c3)ccc2n1. The average molecular weight is 574 g/mol. The van der Waals surface area contributed by atoms with Gasteiger partial charge in [-0.25, -0.2) is 13.9 Å². The van der Waals surface area contributed by atoms with E-state index in [4.69, 9.17) is 0 Å². The summed E-state index contributed by atoms with van der Waals surface area (Å²) in [5.41, 5.74) is 1.47. The number of ether oxygens (including phenoxy) is 2. The van der Waals surface area contributed by atoms with Gasteiger partial charge in [0.15, 0.2) is 11.5 Å². The number of nitrogens with zero attached hydrogens (tertiary/aromatic N) is 4. The van der Waals surface area contributed by atoms with Gasteiger partial charge in [0.05, 0.1) is 36.3 Å². The van der Waals surface area contributed by atoms with Crippen LogP contribution in [0.15, 0.2) is 48.8 Å². The number of hydrogen-bond donors (Lipinski definition) is 2. The van der Waals surface area contributed by atoms with Crippen LogP contribution in [-0.2, 0) is 14.3 Å². The third-order valence-electron chi connectivity index (χ3n) is 5.76. The zero-order chi connectivity index (χ0) is 29.9. The van der Waals surface area contributed by atoms with Gasteiger partial charge in [-0.15, -0.1) is 13.2 Å². The Morgan fingerprint density at radius 1 is 1.12 bits per heavy atom. The summed E-state index contributed by atoms with van der Waals surface area (Å²) in [6.45, 7) is 2.99. The number of benzene rings is 1. The zero-order valence-corrected chi connectivity index (χ0v) is 21.7. The summed E-state index contributed by atoms with van der Waals surface area (Å²) < 4.78 is 61.8. The van der Waals surface area contributed by atoms with E-state index in [9.17, 15) is 31.9 Å². The number of halogens is 4. The van der Waals surface area contributed by atoms with Crippen molar-refractivity contribution in [3.63, 3.8) is 0 Å². The van der Waals surface area contributed by atoms with Crippen molar-refractivity contribution < 1.29 is 41.4 Å². The lowest BCUT2D eigenvalue weighted by atomic mass is 10.0. The lowest BCUT2D eigenvalue weighted by Crippen LogP contribution is -2.28. The normalized spacial score (nSPS) is 12.1. The standard InChI is InChI=1S/C26H22F4N6O5/c1-13-18(25(39)32-14(2)17-9-16(4-5-19(17)27)41-26(28,29)30)8-15(11-31-13)20-6-7-22-33-21(12-36(22)35-20)34-23(37)10-24(38)40-3/h4-9,11-12,14H,10H2,1-3H3,(H,32,39)(H,34,37)/t14-/m1/s1. The molecule has 1 atom stereocenters. The van der Waals surface area contributed by atoms with Gasteiger partial charge < -0.3 is 20.1 Å². The Bertz CT molecular complexity index is 1640.